The van der Waals surface area contributed by atoms with Crippen molar-refractivity contribution in [3.8, 4) is 0 Å². The summed E-state index contributed by atoms with van der Waals surface area (Å²) in [5, 5.41) is 4.07. The summed E-state index contributed by atoms with van der Waals surface area (Å²) in [6.07, 6.45) is 0. The second-order valence-corrected chi connectivity index (χ2v) is 6.02. The lowest BCUT2D eigenvalue weighted by Crippen LogP contribution is -2.15. The third-order valence-electron chi connectivity index (χ3n) is 3.31. The van der Waals surface area contributed by atoms with Crippen LogP contribution in [0.3, 0.4) is 0 Å². The molecule has 122 valence electrons. The largest absolute Gasteiger partial charge is 0.451 e. The second-order valence-electron chi connectivity index (χ2n) is 5.17. The van der Waals surface area contributed by atoms with E-state index in [9.17, 15) is 9.59 Å². The molecule has 3 aromatic rings. The van der Waals surface area contributed by atoms with Crippen LogP contribution in [0.1, 0.15) is 32.4 Å². The SMILES string of the molecule is Cc1cc(C)n2nc(C(=O)OCC(=O)c3ccccc3Br)nc2n1. The Hall–Kier alpha value is -2.61. The standard InChI is InChI=1S/C16H13BrN4O3/c1-9-7-10(2)21-16(18-9)19-14(20-21)15(23)24-8-13(22)11-5-3-4-6-12(11)17/h3-7H,8H2,1-2H3. The molecular weight excluding hydrogens is 376 g/mol. The van der Waals surface area contributed by atoms with Crippen molar-refractivity contribution in [1.82, 2.24) is 19.6 Å². The zero-order valence-electron chi connectivity index (χ0n) is 13.0. The molecule has 2 heterocycles. The molecule has 0 bridgehead atoms. The predicted octanol–water partition coefficient (Wildman–Crippen LogP) is 2.54. The van der Waals surface area contributed by atoms with E-state index < -0.39 is 5.97 Å². The molecule has 0 amide bonds. The first kappa shape index (κ1) is 16.3. The van der Waals surface area contributed by atoms with Crippen molar-refractivity contribution in [2.75, 3.05) is 6.61 Å². The maximum absolute atomic E-state index is 12.1. The maximum Gasteiger partial charge on any atom is 0.378 e. The summed E-state index contributed by atoms with van der Waals surface area (Å²) < 4.78 is 7.13. The van der Waals surface area contributed by atoms with E-state index in [2.05, 4.69) is 31.0 Å². The third-order valence-corrected chi connectivity index (χ3v) is 4.00. The van der Waals surface area contributed by atoms with Gasteiger partial charge < -0.3 is 4.74 Å². The van der Waals surface area contributed by atoms with E-state index in [4.69, 9.17) is 4.74 Å². The summed E-state index contributed by atoms with van der Waals surface area (Å²) in [5.41, 5.74) is 2.02. The number of carbonyl (C=O) groups is 2. The smallest absolute Gasteiger partial charge is 0.378 e. The molecule has 0 saturated carbocycles. The zero-order valence-corrected chi connectivity index (χ0v) is 14.6. The van der Waals surface area contributed by atoms with Gasteiger partial charge in [-0.3, -0.25) is 4.79 Å². The lowest BCUT2D eigenvalue weighted by molar-refractivity contribution is 0.0462. The fourth-order valence-electron chi connectivity index (χ4n) is 2.21. The quantitative estimate of drug-likeness (QED) is 0.504. The van der Waals surface area contributed by atoms with E-state index in [1.165, 1.54) is 4.52 Å². The molecule has 2 aromatic heterocycles. The van der Waals surface area contributed by atoms with Gasteiger partial charge in [0.1, 0.15) is 0 Å². The van der Waals surface area contributed by atoms with Gasteiger partial charge in [0.2, 0.25) is 5.78 Å². The van der Waals surface area contributed by atoms with E-state index >= 15 is 0 Å². The van der Waals surface area contributed by atoms with Crippen molar-refractivity contribution in [2.45, 2.75) is 13.8 Å². The molecular formula is C16H13BrN4O3. The van der Waals surface area contributed by atoms with Gasteiger partial charge in [-0.05, 0) is 26.0 Å². The molecule has 0 saturated heterocycles. The molecule has 24 heavy (non-hydrogen) atoms. The molecule has 0 aliphatic heterocycles. The Bertz CT molecular complexity index is 952. The average molecular weight is 389 g/mol. The van der Waals surface area contributed by atoms with Crippen LogP contribution in [0.25, 0.3) is 5.78 Å². The minimum atomic E-state index is -0.766. The van der Waals surface area contributed by atoms with E-state index in [1.807, 2.05) is 19.9 Å². The number of rotatable bonds is 4. The first-order valence-electron chi connectivity index (χ1n) is 7.11. The number of carbonyl (C=O) groups excluding carboxylic acids is 2. The molecule has 0 atom stereocenters. The van der Waals surface area contributed by atoms with E-state index in [-0.39, 0.29) is 18.2 Å². The first-order valence-corrected chi connectivity index (χ1v) is 7.91. The normalized spacial score (nSPS) is 10.8. The monoisotopic (exact) mass is 388 g/mol. The van der Waals surface area contributed by atoms with Crippen LogP contribution in [0.4, 0.5) is 0 Å². The van der Waals surface area contributed by atoms with Crippen LogP contribution in [-0.2, 0) is 4.74 Å². The Morgan fingerprint density at radius 2 is 1.96 bits per heavy atom. The third kappa shape index (κ3) is 3.18. The molecule has 7 nitrogen and oxygen atoms in total. The summed E-state index contributed by atoms with van der Waals surface area (Å²) in [4.78, 5) is 32.4. The summed E-state index contributed by atoms with van der Waals surface area (Å²) >= 11 is 3.29. The summed E-state index contributed by atoms with van der Waals surface area (Å²) in [5.74, 6) is -0.893. The fraction of sp³-hybridized carbons (Fsp3) is 0.188. The second kappa shape index (κ2) is 6.48. The van der Waals surface area contributed by atoms with E-state index in [0.717, 1.165) is 11.4 Å². The topological polar surface area (TPSA) is 86.5 Å². The lowest BCUT2D eigenvalue weighted by Gasteiger charge is -2.03. The number of ketones is 1. The van der Waals surface area contributed by atoms with Gasteiger partial charge >= 0.3 is 5.97 Å². The Morgan fingerprint density at radius 3 is 2.71 bits per heavy atom. The number of Topliss-reactive ketones (excluding diaryl/α,β-unsaturated/α-hetero) is 1. The van der Waals surface area contributed by atoms with Crippen LogP contribution in [0.5, 0.6) is 0 Å². The van der Waals surface area contributed by atoms with Crippen molar-refractivity contribution in [3.63, 3.8) is 0 Å². The van der Waals surface area contributed by atoms with Gasteiger partial charge in [-0.15, -0.1) is 5.10 Å². The number of benzene rings is 1. The highest BCUT2D eigenvalue weighted by atomic mass is 79.9. The van der Waals surface area contributed by atoms with Gasteiger partial charge in [-0.2, -0.15) is 4.98 Å². The molecule has 3 rings (SSSR count). The summed E-state index contributed by atoms with van der Waals surface area (Å²) in [6, 6.07) is 8.76. The molecule has 0 aliphatic carbocycles. The van der Waals surface area contributed by atoms with Gasteiger partial charge in [0.05, 0.1) is 0 Å². The number of fused-ring (bicyclic) bond motifs is 1. The number of aryl methyl sites for hydroxylation is 2. The van der Waals surface area contributed by atoms with Gasteiger partial charge in [-0.1, -0.05) is 34.1 Å². The molecule has 8 heteroatoms. The number of ether oxygens (including phenoxy) is 1. The Morgan fingerprint density at radius 1 is 1.21 bits per heavy atom. The van der Waals surface area contributed by atoms with Gasteiger partial charge in [0, 0.05) is 21.4 Å². The molecule has 0 N–H and O–H groups in total. The average Bonchev–Trinajstić information content (AvgIpc) is 2.97. The Labute approximate surface area is 145 Å². The molecule has 0 aliphatic rings. The predicted molar refractivity (Wildman–Crippen MR) is 89.0 cm³/mol. The van der Waals surface area contributed by atoms with Crippen molar-refractivity contribution in [2.24, 2.45) is 0 Å². The highest BCUT2D eigenvalue weighted by Gasteiger charge is 2.19. The van der Waals surface area contributed by atoms with Gasteiger partial charge in [0.25, 0.3) is 11.6 Å². The van der Waals surface area contributed by atoms with Crippen LogP contribution >= 0.6 is 15.9 Å². The van der Waals surface area contributed by atoms with E-state index in [0.29, 0.717) is 15.8 Å². The van der Waals surface area contributed by atoms with Gasteiger partial charge in [-0.25, -0.2) is 14.3 Å². The highest BCUT2D eigenvalue weighted by Crippen LogP contribution is 2.16. The van der Waals surface area contributed by atoms with Crippen LogP contribution in [0.15, 0.2) is 34.8 Å². The van der Waals surface area contributed by atoms with Crippen LogP contribution in [0.2, 0.25) is 0 Å². The Kier molecular flexibility index (Phi) is 4.39. The van der Waals surface area contributed by atoms with Crippen molar-refractivity contribution in [1.29, 1.82) is 0 Å². The molecule has 0 unspecified atom stereocenters. The van der Waals surface area contributed by atoms with E-state index in [1.54, 1.807) is 24.3 Å². The fourth-order valence-corrected chi connectivity index (χ4v) is 2.72. The van der Waals surface area contributed by atoms with Crippen molar-refractivity contribution in [3.05, 3.63) is 57.6 Å². The number of nitrogens with zero attached hydrogens (tertiary/aromatic N) is 4. The van der Waals surface area contributed by atoms with Crippen LogP contribution in [0, 0.1) is 13.8 Å². The number of hydrogen-bond donors (Lipinski definition) is 0. The number of halogens is 1. The molecule has 0 spiro atoms. The highest BCUT2D eigenvalue weighted by molar-refractivity contribution is 9.10. The molecule has 1 aromatic carbocycles. The van der Waals surface area contributed by atoms with Crippen molar-refractivity contribution >= 4 is 33.5 Å². The number of esters is 1. The first-order chi connectivity index (χ1) is 11.5. The van der Waals surface area contributed by atoms with Crippen LogP contribution in [-0.4, -0.2) is 37.9 Å². The minimum Gasteiger partial charge on any atom is -0.451 e. The summed E-state index contributed by atoms with van der Waals surface area (Å²) in [6.45, 7) is 3.28. The number of hydrogen-bond acceptors (Lipinski definition) is 6. The van der Waals surface area contributed by atoms with Crippen LogP contribution < -0.4 is 0 Å². The van der Waals surface area contributed by atoms with Crippen molar-refractivity contribution < 1.29 is 14.3 Å². The molecule has 0 radical (unpaired) electrons. The maximum atomic E-state index is 12.1. The number of aromatic nitrogens is 4. The Balaban J connectivity index is 1.75. The zero-order chi connectivity index (χ0) is 17.3. The minimum absolute atomic E-state index is 0.129. The van der Waals surface area contributed by atoms with Gasteiger partial charge in [0.15, 0.2) is 6.61 Å². The lowest BCUT2D eigenvalue weighted by atomic mass is 10.1. The molecule has 0 fully saturated rings. The summed E-state index contributed by atoms with van der Waals surface area (Å²) in [7, 11) is 0.